The monoisotopic (exact) mass is 386 g/mol. The highest BCUT2D eigenvalue weighted by Gasteiger charge is 2.12. The Bertz CT molecular complexity index is 797. The fourth-order valence-electron chi connectivity index (χ4n) is 2.37. The van der Waals surface area contributed by atoms with Crippen LogP contribution in [0.4, 0.5) is 11.4 Å². The Hall–Kier alpha value is -3.00. The summed E-state index contributed by atoms with van der Waals surface area (Å²) < 4.78 is 0. The Morgan fingerprint density at radius 2 is 1.93 bits per heavy atom. The van der Waals surface area contributed by atoms with Crippen LogP contribution in [0.1, 0.15) is 12.0 Å². The maximum atomic E-state index is 9.82. The Morgan fingerprint density at radius 1 is 1.25 bits per heavy atom. The molecule has 0 bridgehead atoms. The summed E-state index contributed by atoms with van der Waals surface area (Å²) in [6, 6.07) is 5.43. The van der Waals surface area contributed by atoms with Crippen molar-refractivity contribution in [1.29, 1.82) is 0 Å². The van der Waals surface area contributed by atoms with E-state index < -0.39 is 6.10 Å². The summed E-state index contributed by atoms with van der Waals surface area (Å²) in [6.45, 7) is 11.5. The highest BCUT2D eigenvalue weighted by molar-refractivity contribution is 5.63. The zero-order chi connectivity index (χ0) is 21.3. The number of hydrogen-bond acceptors (Lipinski definition) is 7. The number of aliphatic hydroxyl groups excluding tert-OH is 3. The molecule has 0 radical (unpaired) electrons. The average molecular weight is 386 g/mol. The summed E-state index contributed by atoms with van der Waals surface area (Å²) in [4.78, 5) is 0. The van der Waals surface area contributed by atoms with Crippen LogP contribution in [0.3, 0.4) is 0 Å². The first-order valence-corrected chi connectivity index (χ1v) is 8.80. The van der Waals surface area contributed by atoms with Crippen molar-refractivity contribution in [3.8, 4) is 0 Å². The average Bonchev–Trinajstić information content (AvgIpc) is 2.67. The van der Waals surface area contributed by atoms with Crippen molar-refractivity contribution in [1.82, 2.24) is 0 Å². The van der Waals surface area contributed by atoms with E-state index in [9.17, 15) is 10.2 Å². The summed E-state index contributed by atoms with van der Waals surface area (Å²) in [6.07, 6.45) is 3.23. The van der Waals surface area contributed by atoms with E-state index in [1.54, 1.807) is 12.1 Å². The summed E-state index contributed by atoms with van der Waals surface area (Å²) >= 11 is 0. The van der Waals surface area contributed by atoms with Gasteiger partial charge >= 0.3 is 0 Å². The number of allylic oxidation sites excluding steroid dienone is 1. The lowest BCUT2D eigenvalue weighted by atomic mass is 10.0. The van der Waals surface area contributed by atoms with E-state index in [1.165, 1.54) is 12.2 Å². The molecule has 0 spiro atoms. The van der Waals surface area contributed by atoms with Crippen LogP contribution in [0.5, 0.6) is 0 Å². The van der Waals surface area contributed by atoms with Crippen LogP contribution in [0.15, 0.2) is 78.4 Å². The van der Waals surface area contributed by atoms with Gasteiger partial charge in [-0.3, -0.25) is 0 Å². The molecule has 0 saturated heterocycles. The molecule has 1 unspecified atom stereocenters. The molecule has 0 aliphatic carbocycles. The fraction of sp³-hybridized carbons (Fsp3) is 0.238. The van der Waals surface area contributed by atoms with Crippen LogP contribution in [-0.4, -0.2) is 34.6 Å². The van der Waals surface area contributed by atoms with Gasteiger partial charge in [-0.1, -0.05) is 31.9 Å². The third-order valence-corrected chi connectivity index (χ3v) is 4.06. The molecule has 0 aromatic heterocycles. The van der Waals surface area contributed by atoms with Gasteiger partial charge in [0.25, 0.3) is 0 Å². The molecule has 0 heterocycles. The molecule has 1 aromatic carbocycles. The fourth-order valence-corrected chi connectivity index (χ4v) is 2.37. The van der Waals surface area contributed by atoms with Crippen molar-refractivity contribution in [3.05, 3.63) is 84.0 Å². The van der Waals surface area contributed by atoms with Crippen molar-refractivity contribution in [2.75, 3.05) is 24.2 Å². The minimum atomic E-state index is -0.871. The molecular formula is C21H30N4O3. The Kier molecular flexibility index (Phi) is 9.04. The largest absolute Gasteiger partial charge is 0.508 e. The van der Waals surface area contributed by atoms with Gasteiger partial charge in [0.05, 0.1) is 11.8 Å². The molecular weight excluding hydrogens is 356 g/mol. The van der Waals surface area contributed by atoms with E-state index in [1.807, 2.05) is 6.07 Å². The van der Waals surface area contributed by atoms with Crippen LogP contribution in [0, 0.1) is 0 Å². The van der Waals surface area contributed by atoms with E-state index in [0.29, 0.717) is 29.8 Å². The topological polar surface area (TPSA) is 151 Å². The zero-order valence-electron chi connectivity index (χ0n) is 16.0. The predicted octanol–water partition coefficient (Wildman–Crippen LogP) is 1.84. The second-order valence-electron chi connectivity index (χ2n) is 6.26. The number of nitrogens with one attached hydrogen (secondary N) is 1. The van der Waals surface area contributed by atoms with E-state index in [-0.39, 0.29) is 30.2 Å². The Labute approximate surface area is 165 Å². The molecule has 152 valence electrons. The molecule has 0 saturated carbocycles. The lowest BCUT2D eigenvalue weighted by Gasteiger charge is -2.16. The molecule has 0 fully saturated rings. The molecule has 28 heavy (non-hydrogen) atoms. The van der Waals surface area contributed by atoms with Crippen molar-refractivity contribution < 1.29 is 15.3 Å². The van der Waals surface area contributed by atoms with E-state index >= 15 is 0 Å². The second-order valence-corrected chi connectivity index (χ2v) is 6.26. The molecule has 1 aromatic rings. The van der Waals surface area contributed by atoms with Crippen LogP contribution in [-0.2, 0) is 6.42 Å². The molecule has 0 aliphatic heterocycles. The number of nitrogen functional groups attached to an aromatic ring is 1. The highest BCUT2D eigenvalue weighted by Crippen LogP contribution is 2.24. The third-order valence-electron chi connectivity index (χ3n) is 4.06. The van der Waals surface area contributed by atoms with Gasteiger partial charge in [0.1, 0.15) is 5.76 Å². The SMILES string of the molecule is C=C(Nc1ccc(N)c(CCCO)c1)C(=C)/C(N)=C(/C=C/C(O)CN)C(=C)O. The molecule has 1 rings (SSSR count). The molecule has 0 aliphatic rings. The van der Waals surface area contributed by atoms with Crippen LogP contribution in [0.25, 0.3) is 0 Å². The Balaban J connectivity index is 3.03. The summed E-state index contributed by atoms with van der Waals surface area (Å²) in [7, 11) is 0. The van der Waals surface area contributed by atoms with Gasteiger partial charge in [0.15, 0.2) is 0 Å². The van der Waals surface area contributed by atoms with Crippen molar-refractivity contribution in [2.45, 2.75) is 18.9 Å². The van der Waals surface area contributed by atoms with Crippen molar-refractivity contribution in [3.63, 3.8) is 0 Å². The van der Waals surface area contributed by atoms with E-state index in [4.69, 9.17) is 22.3 Å². The quantitative estimate of drug-likeness (QED) is 0.174. The number of nitrogens with two attached hydrogens (primary N) is 3. The summed E-state index contributed by atoms with van der Waals surface area (Å²) in [5.74, 6) is -0.273. The van der Waals surface area contributed by atoms with Crippen molar-refractivity contribution >= 4 is 11.4 Å². The van der Waals surface area contributed by atoms with Gasteiger partial charge in [-0.05, 0) is 36.6 Å². The van der Waals surface area contributed by atoms with Gasteiger partial charge in [0.2, 0.25) is 0 Å². The standard InChI is InChI=1S/C21H30N4O3/c1-13(21(24)19(15(3)27)8-7-18(28)12-22)14(2)25-17-6-9-20(23)16(11-17)5-4-10-26/h6-9,11,18,25-28H,1-5,10,12,22-24H2/b8-7+,21-19+. The van der Waals surface area contributed by atoms with Gasteiger partial charge in [-0.25, -0.2) is 0 Å². The lowest BCUT2D eigenvalue weighted by molar-refractivity contribution is 0.231. The highest BCUT2D eigenvalue weighted by atomic mass is 16.3. The van der Waals surface area contributed by atoms with Crippen LogP contribution >= 0.6 is 0 Å². The van der Waals surface area contributed by atoms with E-state index in [2.05, 4.69) is 25.1 Å². The maximum Gasteiger partial charge on any atom is 0.117 e. The number of benzene rings is 1. The van der Waals surface area contributed by atoms with Gasteiger partial charge in [-0.15, -0.1) is 0 Å². The van der Waals surface area contributed by atoms with Crippen LogP contribution < -0.4 is 22.5 Å². The first-order valence-electron chi connectivity index (χ1n) is 8.80. The van der Waals surface area contributed by atoms with Crippen molar-refractivity contribution in [2.24, 2.45) is 11.5 Å². The summed E-state index contributed by atoms with van der Waals surface area (Å²) in [5, 5.41) is 31.5. The number of aryl methyl sites for hydroxylation is 1. The molecule has 10 N–H and O–H groups in total. The van der Waals surface area contributed by atoms with Gasteiger partial charge in [-0.2, -0.15) is 0 Å². The molecule has 1 atom stereocenters. The first-order chi connectivity index (χ1) is 13.2. The number of rotatable bonds is 11. The number of hydrogen-bond donors (Lipinski definition) is 7. The normalized spacial score (nSPS) is 13.1. The van der Waals surface area contributed by atoms with Gasteiger partial charge in [0, 0.05) is 41.4 Å². The minimum absolute atomic E-state index is 0.0343. The van der Waals surface area contributed by atoms with Gasteiger partial charge < -0.3 is 37.8 Å². The third kappa shape index (κ3) is 6.62. The molecule has 0 amide bonds. The minimum Gasteiger partial charge on any atom is -0.508 e. The smallest absolute Gasteiger partial charge is 0.117 e. The maximum absolute atomic E-state index is 9.82. The summed E-state index contributed by atoms with van der Waals surface area (Å²) in [5.41, 5.74) is 20.9. The lowest BCUT2D eigenvalue weighted by Crippen LogP contribution is -2.17. The predicted molar refractivity (Wildman–Crippen MR) is 115 cm³/mol. The van der Waals surface area contributed by atoms with E-state index in [0.717, 1.165) is 11.3 Å². The van der Waals surface area contributed by atoms with Crippen LogP contribution in [0.2, 0.25) is 0 Å². The Morgan fingerprint density at radius 3 is 2.50 bits per heavy atom. The molecule has 7 heteroatoms. The number of anilines is 2. The first kappa shape index (κ1) is 23.0. The number of aliphatic hydroxyl groups is 3. The molecule has 7 nitrogen and oxygen atoms in total. The second kappa shape index (κ2) is 11.0. The zero-order valence-corrected chi connectivity index (χ0v) is 16.0.